The average Bonchev–Trinajstić information content (AvgIpc) is 2.95. The summed E-state index contributed by atoms with van der Waals surface area (Å²) in [5.74, 6) is 1.71. The molecule has 0 aliphatic carbocycles. The number of fused-ring (bicyclic) bond motifs is 1. The van der Waals surface area contributed by atoms with E-state index in [2.05, 4.69) is 77.2 Å². The fourth-order valence-corrected chi connectivity index (χ4v) is 4.83. The van der Waals surface area contributed by atoms with Gasteiger partial charge in [0.2, 0.25) is 5.75 Å². The van der Waals surface area contributed by atoms with Gasteiger partial charge in [0.25, 0.3) is 5.56 Å². The lowest BCUT2D eigenvalue weighted by Gasteiger charge is -2.20. The van der Waals surface area contributed by atoms with E-state index in [0.29, 0.717) is 24.7 Å². The van der Waals surface area contributed by atoms with Gasteiger partial charge in [0.1, 0.15) is 0 Å². The van der Waals surface area contributed by atoms with Crippen LogP contribution in [0.5, 0.6) is 11.5 Å². The summed E-state index contributed by atoms with van der Waals surface area (Å²) >= 11 is 0. The first kappa shape index (κ1) is 34.3. The van der Waals surface area contributed by atoms with Gasteiger partial charge in [-0.25, -0.2) is 0 Å². The van der Waals surface area contributed by atoms with E-state index < -0.39 is 0 Å². The van der Waals surface area contributed by atoms with Gasteiger partial charge in [0.15, 0.2) is 5.75 Å². The first-order chi connectivity index (χ1) is 19.9. The summed E-state index contributed by atoms with van der Waals surface area (Å²) in [5.41, 5.74) is 4.50. The van der Waals surface area contributed by atoms with Crippen molar-refractivity contribution in [2.75, 3.05) is 18.5 Å². The third kappa shape index (κ3) is 11.4. The highest BCUT2D eigenvalue weighted by atomic mass is 16.5. The van der Waals surface area contributed by atoms with Crippen molar-refractivity contribution in [2.24, 2.45) is 0 Å². The molecule has 2 rings (SSSR count). The summed E-state index contributed by atoms with van der Waals surface area (Å²) < 4.78 is 14.5. The Kier molecular flexibility index (Phi) is 16.1. The Balaban J connectivity index is 2.41. The Hall–Kier alpha value is -2.95. The van der Waals surface area contributed by atoms with Crippen LogP contribution in [0.25, 0.3) is 10.9 Å². The van der Waals surface area contributed by atoms with Crippen LogP contribution >= 0.6 is 0 Å². The third-order valence-corrected chi connectivity index (χ3v) is 7.41. The SMILES string of the molecule is CC=C(CC)Oc1c(OCCCCCCCC)c(=O)n(CCCC)c2cc(NC/C=C(\C)CCC=C(C)C)ccc12. The van der Waals surface area contributed by atoms with Gasteiger partial charge in [0, 0.05) is 30.6 Å². The molecule has 0 saturated carbocycles. The molecule has 0 unspecified atom stereocenters. The molecular weight excluding hydrogens is 508 g/mol. The Morgan fingerprint density at radius 2 is 1.66 bits per heavy atom. The molecule has 0 fully saturated rings. The molecule has 0 aliphatic heterocycles. The minimum atomic E-state index is -0.106. The normalized spacial score (nSPS) is 12.1. The van der Waals surface area contributed by atoms with E-state index >= 15 is 0 Å². The lowest BCUT2D eigenvalue weighted by Crippen LogP contribution is -2.24. The maximum atomic E-state index is 13.9. The molecule has 1 N–H and O–H groups in total. The molecular formula is C36H56N2O3. The summed E-state index contributed by atoms with van der Waals surface area (Å²) in [6, 6.07) is 6.24. The van der Waals surface area contributed by atoms with Gasteiger partial charge >= 0.3 is 0 Å². The molecule has 5 heteroatoms. The largest absolute Gasteiger partial charge is 0.485 e. The second-order valence-electron chi connectivity index (χ2n) is 11.3. The number of nitrogens with one attached hydrogen (secondary N) is 1. The van der Waals surface area contributed by atoms with E-state index in [0.717, 1.165) is 73.8 Å². The maximum Gasteiger partial charge on any atom is 0.297 e. The highest BCUT2D eigenvalue weighted by molar-refractivity contribution is 5.90. The molecule has 0 radical (unpaired) electrons. The van der Waals surface area contributed by atoms with Crippen LogP contribution in [-0.4, -0.2) is 17.7 Å². The van der Waals surface area contributed by atoms with Crippen molar-refractivity contribution in [1.29, 1.82) is 0 Å². The van der Waals surface area contributed by atoms with Crippen LogP contribution in [0.3, 0.4) is 0 Å². The number of allylic oxidation sites excluding steroid dienone is 5. The molecule has 0 saturated heterocycles. The fourth-order valence-electron chi connectivity index (χ4n) is 4.83. The summed E-state index contributed by atoms with van der Waals surface area (Å²) in [5, 5.41) is 4.45. The summed E-state index contributed by atoms with van der Waals surface area (Å²) in [7, 11) is 0. The summed E-state index contributed by atoms with van der Waals surface area (Å²) in [6.07, 6.45) is 18.3. The Bertz CT molecular complexity index is 1220. The van der Waals surface area contributed by atoms with Crippen LogP contribution in [0.2, 0.25) is 0 Å². The lowest BCUT2D eigenvalue weighted by molar-refractivity contribution is 0.280. The zero-order valence-electron chi connectivity index (χ0n) is 27.0. The van der Waals surface area contributed by atoms with Crippen molar-refractivity contribution in [3.8, 4) is 11.5 Å². The smallest absolute Gasteiger partial charge is 0.297 e. The number of nitrogens with zero attached hydrogens (tertiary/aromatic N) is 1. The number of hydrogen-bond acceptors (Lipinski definition) is 4. The molecule has 1 heterocycles. The minimum Gasteiger partial charge on any atom is -0.485 e. The van der Waals surface area contributed by atoms with E-state index in [9.17, 15) is 4.79 Å². The standard InChI is InChI=1S/C36H56N2O3/c1-8-12-14-15-16-17-26-40-35-34(41-31(10-3)11-4)32-22-21-30(27-33(32)38(36(35)39)25-13-9-2)37-24-23-29(7)20-18-19-28(5)6/h10,19,21-23,27,37H,8-9,11-18,20,24-26H2,1-7H3/b29-23+,31-10?. The van der Waals surface area contributed by atoms with Crippen molar-refractivity contribution >= 4 is 16.6 Å². The maximum absolute atomic E-state index is 13.9. The monoisotopic (exact) mass is 564 g/mol. The number of anilines is 1. The molecule has 2 aromatic rings. The van der Waals surface area contributed by atoms with Gasteiger partial charge in [0.05, 0.1) is 17.9 Å². The van der Waals surface area contributed by atoms with E-state index in [4.69, 9.17) is 9.47 Å². The van der Waals surface area contributed by atoms with Crippen LogP contribution < -0.4 is 20.3 Å². The first-order valence-electron chi connectivity index (χ1n) is 16.0. The first-order valence-corrected chi connectivity index (χ1v) is 16.0. The second-order valence-corrected chi connectivity index (χ2v) is 11.3. The van der Waals surface area contributed by atoms with Crippen molar-refractivity contribution in [3.05, 3.63) is 63.7 Å². The van der Waals surface area contributed by atoms with Gasteiger partial charge in [-0.15, -0.1) is 0 Å². The van der Waals surface area contributed by atoms with Crippen molar-refractivity contribution < 1.29 is 9.47 Å². The fraction of sp³-hybridized carbons (Fsp3) is 0.583. The average molecular weight is 565 g/mol. The topological polar surface area (TPSA) is 52.5 Å². The van der Waals surface area contributed by atoms with E-state index in [1.807, 2.05) is 17.6 Å². The van der Waals surface area contributed by atoms with E-state index in [1.165, 1.54) is 36.8 Å². The summed E-state index contributed by atoms with van der Waals surface area (Å²) in [6.45, 7) is 16.8. The van der Waals surface area contributed by atoms with Crippen LogP contribution in [0.15, 0.2) is 58.1 Å². The van der Waals surface area contributed by atoms with Gasteiger partial charge in [-0.05, 0) is 77.7 Å². The Labute approximate surface area is 249 Å². The predicted molar refractivity (Wildman–Crippen MR) is 178 cm³/mol. The zero-order chi connectivity index (χ0) is 30.0. The van der Waals surface area contributed by atoms with Crippen molar-refractivity contribution in [2.45, 2.75) is 126 Å². The van der Waals surface area contributed by atoms with Gasteiger partial charge in [-0.3, -0.25) is 4.79 Å². The number of ether oxygens (including phenoxy) is 2. The zero-order valence-corrected chi connectivity index (χ0v) is 27.0. The lowest BCUT2D eigenvalue weighted by atomic mass is 10.1. The Morgan fingerprint density at radius 3 is 2.34 bits per heavy atom. The van der Waals surface area contributed by atoms with E-state index in [1.54, 1.807) is 0 Å². The van der Waals surface area contributed by atoms with Gasteiger partial charge in [-0.2, -0.15) is 0 Å². The number of benzene rings is 1. The van der Waals surface area contributed by atoms with Gasteiger partial charge < -0.3 is 19.4 Å². The van der Waals surface area contributed by atoms with Crippen LogP contribution in [0, 0.1) is 0 Å². The summed E-state index contributed by atoms with van der Waals surface area (Å²) in [4.78, 5) is 13.9. The molecule has 0 amide bonds. The van der Waals surface area contributed by atoms with E-state index in [-0.39, 0.29) is 5.56 Å². The highest BCUT2D eigenvalue weighted by Gasteiger charge is 2.21. The molecule has 41 heavy (non-hydrogen) atoms. The van der Waals surface area contributed by atoms with Gasteiger partial charge in [-0.1, -0.05) is 82.6 Å². The number of aromatic nitrogens is 1. The number of rotatable bonds is 20. The third-order valence-electron chi connectivity index (χ3n) is 7.41. The molecule has 0 atom stereocenters. The molecule has 0 spiro atoms. The predicted octanol–water partition coefficient (Wildman–Crippen LogP) is 10.3. The van der Waals surface area contributed by atoms with Crippen molar-refractivity contribution in [3.63, 3.8) is 0 Å². The highest BCUT2D eigenvalue weighted by Crippen LogP contribution is 2.36. The number of aryl methyl sites for hydroxylation is 1. The molecule has 1 aromatic carbocycles. The molecule has 1 aromatic heterocycles. The number of hydrogen-bond donors (Lipinski definition) is 1. The number of unbranched alkanes of at least 4 members (excludes halogenated alkanes) is 6. The minimum absolute atomic E-state index is 0.106. The number of pyridine rings is 1. The molecule has 228 valence electrons. The quantitative estimate of drug-likeness (QED) is 0.0987. The van der Waals surface area contributed by atoms with Crippen molar-refractivity contribution in [1.82, 2.24) is 4.57 Å². The Morgan fingerprint density at radius 1 is 0.927 bits per heavy atom. The molecule has 0 bridgehead atoms. The van der Waals surface area contributed by atoms with Crippen LogP contribution in [0.4, 0.5) is 5.69 Å². The molecule has 0 aliphatic rings. The second kappa shape index (κ2) is 19.2. The van der Waals surface area contributed by atoms with Crippen LogP contribution in [0.1, 0.15) is 119 Å². The van der Waals surface area contributed by atoms with Crippen LogP contribution in [-0.2, 0) is 6.54 Å². The molecule has 5 nitrogen and oxygen atoms in total.